The summed E-state index contributed by atoms with van der Waals surface area (Å²) < 4.78 is 8.69. The number of hydrogen-bond donors (Lipinski definition) is 0. The van der Waals surface area contributed by atoms with Crippen LogP contribution in [-0.4, -0.2) is 9.55 Å². The fraction of sp³-hybridized carbons (Fsp3) is 0.0222. The standard InChI is InChI=1S/C45H25N3O/c46-26-27-18-20-32-30-12-4-7-15-36(30)45(38(32)22-27)37-16-8-5-13-31(37)33-21-19-29(23-39(33)45)48-41-17-9-6-14-34(41)35-24-43-40(25-42(35)48)47-44(49-43)28-10-2-1-3-11-28/h1-25H. The molecule has 4 heteroatoms. The zero-order valence-corrected chi connectivity index (χ0v) is 26.2. The zero-order chi connectivity index (χ0) is 32.3. The van der Waals surface area contributed by atoms with Gasteiger partial charge >= 0.3 is 0 Å². The summed E-state index contributed by atoms with van der Waals surface area (Å²) in [5, 5.41) is 12.3. The van der Waals surface area contributed by atoms with Gasteiger partial charge in [-0.2, -0.15) is 5.26 Å². The maximum absolute atomic E-state index is 10.1. The average molecular weight is 624 g/mol. The molecule has 1 unspecified atom stereocenters. The highest BCUT2D eigenvalue weighted by molar-refractivity contribution is 6.12. The molecule has 0 aliphatic heterocycles. The van der Waals surface area contributed by atoms with Crippen LogP contribution in [0.25, 0.3) is 72.3 Å². The Bertz CT molecular complexity index is 2890. The average Bonchev–Trinajstić information content (AvgIpc) is 3.89. The first kappa shape index (κ1) is 26.4. The molecule has 0 saturated heterocycles. The Morgan fingerprint density at radius 2 is 1.20 bits per heavy atom. The van der Waals surface area contributed by atoms with E-state index in [2.05, 4.69) is 126 Å². The van der Waals surface area contributed by atoms with Crippen LogP contribution in [0.5, 0.6) is 0 Å². The third-order valence-electron chi connectivity index (χ3n) is 10.7. The van der Waals surface area contributed by atoms with Gasteiger partial charge in [-0.05, 0) is 99.1 Å². The van der Waals surface area contributed by atoms with Gasteiger partial charge in [0, 0.05) is 22.0 Å². The molecule has 0 amide bonds. The Labute approximate surface area is 281 Å². The second kappa shape index (κ2) is 9.44. The van der Waals surface area contributed by atoms with Gasteiger partial charge in [0.1, 0.15) is 5.52 Å². The monoisotopic (exact) mass is 623 g/mol. The summed E-state index contributed by atoms with van der Waals surface area (Å²) in [6.07, 6.45) is 0. The van der Waals surface area contributed by atoms with Crippen LogP contribution in [0, 0.1) is 11.3 Å². The Hall–Kier alpha value is -6.70. The van der Waals surface area contributed by atoms with Crippen molar-refractivity contribution in [3.05, 3.63) is 179 Å². The SMILES string of the molecule is N#Cc1ccc2c(c1)C1(c3ccccc3-2)c2ccccc2-c2ccc(-n3c4ccccc4c4cc5oc(-c6ccccc6)nc5cc43)cc21. The van der Waals surface area contributed by atoms with E-state index >= 15 is 0 Å². The highest BCUT2D eigenvalue weighted by Crippen LogP contribution is 2.63. The number of rotatable bonds is 2. The summed E-state index contributed by atoms with van der Waals surface area (Å²) in [6, 6.07) is 56.0. The van der Waals surface area contributed by atoms with Crippen LogP contribution in [0.3, 0.4) is 0 Å². The van der Waals surface area contributed by atoms with E-state index in [9.17, 15) is 5.26 Å². The molecule has 0 N–H and O–H groups in total. The van der Waals surface area contributed by atoms with Gasteiger partial charge in [-0.25, -0.2) is 4.98 Å². The Kier molecular flexibility index (Phi) is 5.08. The van der Waals surface area contributed by atoms with Crippen molar-refractivity contribution >= 4 is 32.9 Å². The normalized spacial score (nSPS) is 15.4. The molecule has 0 radical (unpaired) electrons. The van der Waals surface area contributed by atoms with E-state index in [4.69, 9.17) is 9.40 Å². The molecule has 0 saturated carbocycles. The largest absolute Gasteiger partial charge is 0.436 e. The van der Waals surface area contributed by atoms with Gasteiger partial charge in [-0.3, -0.25) is 0 Å². The number of fused-ring (bicyclic) bond motifs is 14. The molecule has 11 rings (SSSR count). The number of nitriles is 1. The second-order valence-corrected chi connectivity index (χ2v) is 13.0. The summed E-state index contributed by atoms with van der Waals surface area (Å²) in [5.41, 5.74) is 15.7. The third-order valence-corrected chi connectivity index (χ3v) is 10.7. The Morgan fingerprint density at radius 1 is 0.551 bits per heavy atom. The third kappa shape index (κ3) is 3.33. The van der Waals surface area contributed by atoms with Crippen LogP contribution >= 0.6 is 0 Å². The molecule has 2 heterocycles. The van der Waals surface area contributed by atoms with Gasteiger partial charge in [0.15, 0.2) is 5.58 Å². The molecule has 4 nitrogen and oxygen atoms in total. The molecule has 0 bridgehead atoms. The summed E-state index contributed by atoms with van der Waals surface area (Å²) in [5.74, 6) is 0.617. The van der Waals surface area contributed by atoms with Crippen LogP contribution in [0.15, 0.2) is 156 Å². The quantitative estimate of drug-likeness (QED) is 0.193. The van der Waals surface area contributed by atoms with Crippen molar-refractivity contribution in [2.24, 2.45) is 0 Å². The molecule has 226 valence electrons. The first-order chi connectivity index (χ1) is 24.2. The highest BCUT2D eigenvalue weighted by atomic mass is 16.3. The van der Waals surface area contributed by atoms with Crippen LogP contribution < -0.4 is 0 Å². The molecule has 0 fully saturated rings. The molecule has 2 aliphatic rings. The van der Waals surface area contributed by atoms with Gasteiger partial charge in [-0.1, -0.05) is 97.1 Å². The molecular weight excluding hydrogens is 599 g/mol. The number of oxazole rings is 1. The lowest BCUT2D eigenvalue weighted by molar-refractivity contribution is 0.620. The zero-order valence-electron chi connectivity index (χ0n) is 26.2. The first-order valence-electron chi connectivity index (χ1n) is 16.5. The van der Waals surface area contributed by atoms with E-state index < -0.39 is 5.41 Å². The van der Waals surface area contributed by atoms with Crippen molar-refractivity contribution in [1.29, 1.82) is 5.26 Å². The lowest BCUT2D eigenvalue weighted by Crippen LogP contribution is -2.26. The Morgan fingerprint density at radius 3 is 1.98 bits per heavy atom. The van der Waals surface area contributed by atoms with Crippen molar-refractivity contribution in [1.82, 2.24) is 9.55 Å². The van der Waals surface area contributed by atoms with Crippen molar-refractivity contribution in [2.45, 2.75) is 5.41 Å². The fourth-order valence-electron chi connectivity index (χ4n) is 8.71. The predicted molar refractivity (Wildman–Crippen MR) is 195 cm³/mol. The summed E-state index contributed by atoms with van der Waals surface area (Å²) >= 11 is 0. The summed E-state index contributed by atoms with van der Waals surface area (Å²) in [4.78, 5) is 4.94. The molecule has 7 aromatic carbocycles. The lowest BCUT2D eigenvalue weighted by Gasteiger charge is -2.31. The fourth-order valence-corrected chi connectivity index (χ4v) is 8.71. The molecule has 2 aromatic heterocycles. The van der Waals surface area contributed by atoms with E-state index in [1.807, 2.05) is 36.4 Å². The summed E-state index contributed by atoms with van der Waals surface area (Å²) in [7, 11) is 0. The van der Waals surface area contributed by atoms with Gasteiger partial charge in [0.25, 0.3) is 0 Å². The smallest absolute Gasteiger partial charge is 0.227 e. The minimum atomic E-state index is -0.552. The number of para-hydroxylation sites is 1. The number of benzene rings is 7. The highest BCUT2D eigenvalue weighted by Gasteiger charge is 2.51. The minimum Gasteiger partial charge on any atom is -0.436 e. The van der Waals surface area contributed by atoms with Gasteiger partial charge < -0.3 is 8.98 Å². The maximum atomic E-state index is 10.1. The van der Waals surface area contributed by atoms with Crippen LogP contribution in [0.4, 0.5) is 0 Å². The molecular formula is C45H25N3O. The van der Waals surface area contributed by atoms with E-state index in [0.29, 0.717) is 11.5 Å². The minimum absolute atomic E-state index is 0.552. The van der Waals surface area contributed by atoms with Crippen LogP contribution in [0.2, 0.25) is 0 Å². The van der Waals surface area contributed by atoms with Crippen molar-refractivity contribution in [3.63, 3.8) is 0 Å². The molecule has 2 aliphatic carbocycles. The Balaban J connectivity index is 1.22. The topological polar surface area (TPSA) is 54.8 Å². The molecule has 1 atom stereocenters. The predicted octanol–water partition coefficient (Wildman–Crippen LogP) is 10.8. The van der Waals surface area contributed by atoms with Gasteiger partial charge in [0.2, 0.25) is 5.89 Å². The maximum Gasteiger partial charge on any atom is 0.227 e. The van der Waals surface area contributed by atoms with Gasteiger partial charge in [-0.15, -0.1) is 0 Å². The number of aromatic nitrogens is 2. The number of hydrogen-bond acceptors (Lipinski definition) is 3. The molecule has 9 aromatic rings. The van der Waals surface area contributed by atoms with E-state index in [-0.39, 0.29) is 0 Å². The first-order valence-corrected chi connectivity index (χ1v) is 16.5. The van der Waals surface area contributed by atoms with Gasteiger partial charge in [0.05, 0.1) is 28.1 Å². The van der Waals surface area contributed by atoms with Crippen molar-refractivity contribution in [2.75, 3.05) is 0 Å². The molecule has 1 spiro atoms. The van der Waals surface area contributed by atoms with E-state index in [1.54, 1.807) is 0 Å². The van der Waals surface area contributed by atoms with E-state index in [0.717, 1.165) is 49.7 Å². The second-order valence-electron chi connectivity index (χ2n) is 13.0. The van der Waals surface area contributed by atoms with Crippen molar-refractivity contribution in [3.8, 4) is 45.5 Å². The molecule has 49 heavy (non-hydrogen) atoms. The lowest BCUT2D eigenvalue weighted by atomic mass is 9.70. The van der Waals surface area contributed by atoms with Crippen LogP contribution in [0.1, 0.15) is 27.8 Å². The van der Waals surface area contributed by atoms with Crippen LogP contribution in [-0.2, 0) is 5.41 Å². The van der Waals surface area contributed by atoms with Crippen molar-refractivity contribution < 1.29 is 4.42 Å². The number of nitrogens with zero attached hydrogens (tertiary/aromatic N) is 3. The van der Waals surface area contributed by atoms with E-state index in [1.165, 1.54) is 38.9 Å². The summed E-state index contributed by atoms with van der Waals surface area (Å²) in [6.45, 7) is 0.